The summed E-state index contributed by atoms with van der Waals surface area (Å²) < 4.78 is 1.85. The number of amides is 2. The largest absolute Gasteiger partial charge is 0.371 e. The molecule has 0 radical (unpaired) electrons. The molecule has 2 amide bonds. The number of carbonyl (C=O) groups excluding carboxylic acids is 2. The third-order valence-corrected chi connectivity index (χ3v) is 10.8. The van der Waals surface area contributed by atoms with Gasteiger partial charge in [-0.25, -0.2) is 4.79 Å². The van der Waals surface area contributed by atoms with Crippen LogP contribution >= 0.6 is 11.8 Å². The van der Waals surface area contributed by atoms with Crippen molar-refractivity contribution < 1.29 is 9.59 Å². The molecule has 8 nitrogen and oxygen atoms in total. The summed E-state index contributed by atoms with van der Waals surface area (Å²) in [7, 11) is 0. The number of fused-ring (bicyclic) bond motifs is 1. The minimum atomic E-state index is -0.388. The summed E-state index contributed by atoms with van der Waals surface area (Å²) in [6, 6.07) is 16.4. The number of aromatic nitrogens is 2. The molecule has 43 heavy (non-hydrogen) atoms. The van der Waals surface area contributed by atoms with E-state index in [1.807, 2.05) is 38.6 Å². The van der Waals surface area contributed by atoms with E-state index in [0.717, 1.165) is 43.4 Å². The van der Waals surface area contributed by atoms with Gasteiger partial charge in [-0.3, -0.25) is 14.2 Å². The van der Waals surface area contributed by atoms with Gasteiger partial charge in [0.25, 0.3) is 0 Å². The van der Waals surface area contributed by atoms with Crippen molar-refractivity contribution in [1.29, 1.82) is 0 Å². The van der Waals surface area contributed by atoms with Crippen LogP contribution in [0, 0.1) is 5.41 Å². The summed E-state index contributed by atoms with van der Waals surface area (Å²) in [5, 5.41) is -0.480. The number of hydrogen-bond acceptors (Lipinski definition) is 5. The standard InChI is InChI=1S/C34H45N5O3S/c1-34(2,3)17-22-38-31(41)29(43-32(38)25-11-5-7-13-27(25)36-18-9-4-10-19-36)23-30(40)37-20-15-24(16-21-37)39-28-14-8-6-12-26(28)35-33(39)42/h5-8,11-14,24,29,32H,4,9-10,15-23H2,1-3H3,(H,35,42). The van der Waals surface area contributed by atoms with E-state index in [-0.39, 0.29) is 46.0 Å². The van der Waals surface area contributed by atoms with E-state index in [9.17, 15) is 14.4 Å². The Morgan fingerprint density at radius 2 is 1.63 bits per heavy atom. The number of nitrogens with one attached hydrogen (secondary N) is 1. The van der Waals surface area contributed by atoms with Crippen molar-refractivity contribution in [3.63, 3.8) is 0 Å². The lowest BCUT2D eigenvalue weighted by atomic mass is 9.92. The number of thioether (sulfide) groups is 1. The lowest BCUT2D eigenvalue weighted by Crippen LogP contribution is -2.42. The molecule has 2 atom stereocenters. The van der Waals surface area contributed by atoms with Gasteiger partial charge >= 0.3 is 5.69 Å². The third-order valence-electron chi connectivity index (χ3n) is 9.30. The van der Waals surface area contributed by atoms with Gasteiger partial charge in [0.05, 0.1) is 16.3 Å². The van der Waals surface area contributed by atoms with Crippen molar-refractivity contribution in [3.8, 4) is 0 Å². The molecule has 0 spiro atoms. The van der Waals surface area contributed by atoms with Crippen LogP contribution in [0.25, 0.3) is 11.0 Å². The maximum atomic E-state index is 14.0. The highest BCUT2D eigenvalue weighted by molar-refractivity contribution is 8.01. The van der Waals surface area contributed by atoms with Crippen molar-refractivity contribution in [2.45, 2.75) is 82.4 Å². The van der Waals surface area contributed by atoms with E-state index in [2.05, 4.69) is 54.9 Å². The van der Waals surface area contributed by atoms with E-state index < -0.39 is 0 Å². The van der Waals surface area contributed by atoms with E-state index >= 15 is 0 Å². The number of hydrogen-bond donors (Lipinski definition) is 1. The van der Waals surface area contributed by atoms with E-state index in [4.69, 9.17) is 0 Å². The first kappa shape index (κ1) is 29.9. The maximum Gasteiger partial charge on any atom is 0.326 e. The monoisotopic (exact) mass is 603 g/mol. The molecule has 2 unspecified atom stereocenters. The Morgan fingerprint density at radius 3 is 2.37 bits per heavy atom. The molecular weight excluding hydrogens is 558 g/mol. The Hall–Kier alpha value is -3.20. The second-order valence-corrected chi connectivity index (χ2v) is 14.8. The fraction of sp³-hybridized carbons (Fsp3) is 0.559. The number of nitrogens with zero attached hydrogens (tertiary/aromatic N) is 4. The Bertz CT molecular complexity index is 1510. The predicted molar refractivity (Wildman–Crippen MR) is 174 cm³/mol. The Labute approximate surface area is 258 Å². The number of anilines is 1. The fourth-order valence-corrected chi connectivity index (χ4v) is 8.37. The number of imidazole rings is 1. The normalized spacial score (nSPS) is 22.1. The number of likely N-dealkylation sites (tertiary alicyclic amines) is 1. The molecule has 3 aliphatic heterocycles. The Balaban J connectivity index is 1.16. The molecule has 230 valence electrons. The first-order chi connectivity index (χ1) is 20.7. The molecule has 4 heterocycles. The fourth-order valence-electron chi connectivity index (χ4n) is 6.86. The summed E-state index contributed by atoms with van der Waals surface area (Å²) in [5.41, 5.74) is 4.19. The Kier molecular flexibility index (Phi) is 8.63. The minimum Gasteiger partial charge on any atom is -0.371 e. The zero-order valence-electron chi connectivity index (χ0n) is 25.8. The van der Waals surface area contributed by atoms with Gasteiger partial charge in [0, 0.05) is 56.4 Å². The molecule has 0 bridgehead atoms. The molecule has 3 saturated heterocycles. The maximum absolute atomic E-state index is 14.0. The Morgan fingerprint density at radius 1 is 0.930 bits per heavy atom. The van der Waals surface area contributed by atoms with Gasteiger partial charge in [-0.05, 0) is 62.1 Å². The number of H-pyrrole nitrogens is 1. The summed E-state index contributed by atoms with van der Waals surface area (Å²) in [6.45, 7) is 10.6. The molecular formula is C34H45N5O3S. The quantitative estimate of drug-likeness (QED) is 0.361. The van der Waals surface area contributed by atoms with Gasteiger partial charge in [-0.1, -0.05) is 51.1 Å². The molecule has 3 aromatic rings. The number of para-hydroxylation sites is 3. The van der Waals surface area contributed by atoms with Crippen LogP contribution in [0.5, 0.6) is 0 Å². The molecule has 1 aromatic heterocycles. The summed E-state index contributed by atoms with van der Waals surface area (Å²) in [6.07, 6.45) is 6.24. The highest BCUT2D eigenvalue weighted by Crippen LogP contribution is 2.48. The van der Waals surface area contributed by atoms with Crippen molar-refractivity contribution >= 4 is 40.3 Å². The number of carbonyl (C=O) groups is 2. The molecule has 9 heteroatoms. The zero-order chi connectivity index (χ0) is 30.1. The van der Waals surface area contributed by atoms with Crippen LogP contribution in [0.3, 0.4) is 0 Å². The SMILES string of the molecule is CC(C)(C)CCN1C(=O)C(CC(=O)N2CCC(n3c(=O)[nH]c4ccccc43)CC2)SC1c1ccccc1N1CCCCC1. The van der Waals surface area contributed by atoms with Gasteiger partial charge in [0.2, 0.25) is 11.8 Å². The van der Waals surface area contributed by atoms with Gasteiger partial charge in [-0.2, -0.15) is 0 Å². The second kappa shape index (κ2) is 12.4. The number of piperidine rings is 2. The smallest absolute Gasteiger partial charge is 0.326 e. The average Bonchev–Trinajstić information content (AvgIpc) is 3.51. The highest BCUT2D eigenvalue weighted by atomic mass is 32.2. The van der Waals surface area contributed by atoms with Crippen LogP contribution in [0.15, 0.2) is 53.3 Å². The molecule has 1 N–H and O–H groups in total. The van der Waals surface area contributed by atoms with Gasteiger partial charge < -0.3 is 19.7 Å². The van der Waals surface area contributed by atoms with Crippen LogP contribution in [-0.2, 0) is 9.59 Å². The molecule has 2 aromatic carbocycles. The molecule has 3 aliphatic rings. The average molecular weight is 604 g/mol. The number of aromatic amines is 1. The zero-order valence-corrected chi connectivity index (χ0v) is 26.6. The highest BCUT2D eigenvalue weighted by Gasteiger charge is 2.44. The van der Waals surface area contributed by atoms with E-state index in [0.29, 0.717) is 19.6 Å². The van der Waals surface area contributed by atoms with Gasteiger partial charge in [0.15, 0.2) is 0 Å². The van der Waals surface area contributed by atoms with Crippen LogP contribution in [0.2, 0.25) is 0 Å². The minimum absolute atomic E-state index is 0.0383. The topological polar surface area (TPSA) is 81.6 Å². The predicted octanol–water partition coefficient (Wildman–Crippen LogP) is 5.95. The van der Waals surface area contributed by atoms with Crippen LogP contribution < -0.4 is 10.6 Å². The third kappa shape index (κ3) is 6.37. The van der Waals surface area contributed by atoms with Crippen molar-refractivity contribution in [3.05, 3.63) is 64.6 Å². The van der Waals surface area contributed by atoms with Crippen LogP contribution in [0.4, 0.5) is 5.69 Å². The second-order valence-electron chi connectivity index (χ2n) is 13.6. The van der Waals surface area contributed by atoms with Gasteiger partial charge in [-0.15, -0.1) is 11.8 Å². The summed E-state index contributed by atoms with van der Waals surface area (Å²) in [4.78, 5) is 49.7. The van der Waals surface area contributed by atoms with Gasteiger partial charge in [0.1, 0.15) is 5.37 Å². The van der Waals surface area contributed by atoms with Crippen molar-refractivity contribution in [2.24, 2.45) is 5.41 Å². The van der Waals surface area contributed by atoms with Crippen molar-refractivity contribution in [1.82, 2.24) is 19.4 Å². The van der Waals surface area contributed by atoms with Crippen LogP contribution in [-0.4, -0.2) is 69.1 Å². The molecule has 6 rings (SSSR count). The van der Waals surface area contributed by atoms with Crippen molar-refractivity contribution in [2.75, 3.05) is 37.6 Å². The molecule has 0 aliphatic carbocycles. The first-order valence-electron chi connectivity index (χ1n) is 16.0. The first-order valence-corrected chi connectivity index (χ1v) is 16.9. The molecule has 0 saturated carbocycles. The lowest BCUT2D eigenvalue weighted by Gasteiger charge is -2.34. The summed E-state index contributed by atoms with van der Waals surface area (Å²) in [5.74, 6) is 0.123. The summed E-state index contributed by atoms with van der Waals surface area (Å²) >= 11 is 1.66. The number of rotatable bonds is 7. The molecule has 3 fully saturated rings. The van der Waals surface area contributed by atoms with Crippen LogP contribution in [0.1, 0.15) is 82.7 Å². The van der Waals surface area contributed by atoms with E-state index in [1.165, 1.54) is 30.5 Å². The van der Waals surface area contributed by atoms with E-state index in [1.54, 1.807) is 11.8 Å². The lowest BCUT2D eigenvalue weighted by molar-refractivity contribution is -0.136. The number of benzene rings is 2.